The van der Waals surface area contributed by atoms with Crippen LogP contribution in [0.3, 0.4) is 0 Å². The molecular formula is C16H22O3. The van der Waals surface area contributed by atoms with E-state index in [1.807, 2.05) is 24.3 Å². The molecule has 3 heteroatoms. The van der Waals surface area contributed by atoms with Crippen molar-refractivity contribution in [2.75, 3.05) is 13.7 Å². The molecule has 1 aromatic carbocycles. The molecule has 1 fully saturated rings. The highest BCUT2D eigenvalue weighted by Crippen LogP contribution is 2.18. The first kappa shape index (κ1) is 14.1. The SMILES string of the molecule is COc1ccc(CC(=O)CCC2CCCCO2)cc1. The Morgan fingerprint density at radius 2 is 2.11 bits per heavy atom. The van der Waals surface area contributed by atoms with Gasteiger partial charge >= 0.3 is 0 Å². The largest absolute Gasteiger partial charge is 0.497 e. The van der Waals surface area contributed by atoms with Gasteiger partial charge in [-0.3, -0.25) is 4.79 Å². The predicted molar refractivity (Wildman–Crippen MR) is 74.5 cm³/mol. The molecule has 104 valence electrons. The van der Waals surface area contributed by atoms with Gasteiger partial charge in [-0.25, -0.2) is 0 Å². The second kappa shape index (κ2) is 7.29. The number of hydrogen-bond acceptors (Lipinski definition) is 3. The number of hydrogen-bond donors (Lipinski definition) is 0. The second-order valence-corrected chi connectivity index (χ2v) is 5.09. The first-order valence-corrected chi connectivity index (χ1v) is 7.04. The van der Waals surface area contributed by atoms with Crippen molar-refractivity contribution in [3.05, 3.63) is 29.8 Å². The summed E-state index contributed by atoms with van der Waals surface area (Å²) in [7, 11) is 1.64. The summed E-state index contributed by atoms with van der Waals surface area (Å²) < 4.78 is 10.7. The Balaban J connectivity index is 1.73. The van der Waals surface area contributed by atoms with E-state index in [0.29, 0.717) is 24.7 Å². The fraction of sp³-hybridized carbons (Fsp3) is 0.562. The molecule has 1 unspecified atom stereocenters. The normalized spacial score (nSPS) is 19.1. The van der Waals surface area contributed by atoms with Crippen molar-refractivity contribution in [3.63, 3.8) is 0 Å². The molecule has 0 spiro atoms. The van der Waals surface area contributed by atoms with Gasteiger partial charge in [-0.1, -0.05) is 12.1 Å². The van der Waals surface area contributed by atoms with Crippen LogP contribution in [-0.2, 0) is 16.0 Å². The van der Waals surface area contributed by atoms with Crippen LogP contribution in [-0.4, -0.2) is 25.6 Å². The minimum Gasteiger partial charge on any atom is -0.497 e. The molecule has 19 heavy (non-hydrogen) atoms. The summed E-state index contributed by atoms with van der Waals surface area (Å²) in [5, 5.41) is 0. The van der Waals surface area contributed by atoms with E-state index in [1.165, 1.54) is 6.42 Å². The molecule has 1 aromatic rings. The van der Waals surface area contributed by atoms with Crippen molar-refractivity contribution in [2.45, 2.75) is 44.6 Å². The third-order valence-electron chi connectivity index (χ3n) is 3.58. The van der Waals surface area contributed by atoms with Gasteiger partial charge in [0.1, 0.15) is 11.5 Å². The topological polar surface area (TPSA) is 35.5 Å². The number of rotatable bonds is 6. The molecule has 0 N–H and O–H groups in total. The quantitative estimate of drug-likeness (QED) is 0.790. The van der Waals surface area contributed by atoms with Gasteiger partial charge < -0.3 is 9.47 Å². The average Bonchev–Trinajstić information content (AvgIpc) is 2.47. The Morgan fingerprint density at radius 3 is 2.74 bits per heavy atom. The van der Waals surface area contributed by atoms with Gasteiger partial charge in [-0.05, 0) is 43.4 Å². The summed E-state index contributed by atoms with van der Waals surface area (Å²) in [4.78, 5) is 11.9. The second-order valence-electron chi connectivity index (χ2n) is 5.09. The lowest BCUT2D eigenvalue weighted by Crippen LogP contribution is -2.20. The molecule has 0 amide bonds. The van der Waals surface area contributed by atoms with E-state index >= 15 is 0 Å². The molecule has 1 aliphatic rings. The van der Waals surface area contributed by atoms with Crippen molar-refractivity contribution in [3.8, 4) is 5.75 Å². The lowest BCUT2D eigenvalue weighted by Gasteiger charge is -2.22. The van der Waals surface area contributed by atoms with Gasteiger partial charge in [0, 0.05) is 19.4 Å². The van der Waals surface area contributed by atoms with Crippen molar-refractivity contribution >= 4 is 5.78 Å². The highest BCUT2D eigenvalue weighted by Gasteiger charge is 2.15. The lowest BCUT2D eigenvalue weighted by molar-refractivity contribution is -0.119. The Hall–Kier alpha value is -1.35. The Kier molecular flexibility index (Phi) is 5.40. The molecule has 1 atom stereocenters. The molecule has 1 heterocycles. The van der Waals surface area contributed by atoms with Gasteiger partial charge in [-0.15, -0.1) is 0 Å². The average molecular weight is 262 g/mol. The van der Waals surface area contributed by atoms with Crippen LogP contribution in [0.2, 0.25) is 0 Å². The molecule has 3 nitrogen and oxygen atoms in total. The van der Waals surface area contributed by atoms with Crippen LogP contribution >= 0.6 is 0 Å². The molecule has 1 aliphatic heterocycles. The zero-order chi connectivity index (χ0) is 13.5. The van der Waals surface area contributed by atoms with E-state index in [2.05, 4.69) is 0 Å². The van der Waals surface area contributed by atoms with E-state index in [9.17, 15) is 4.79 Å². The zero-order valence-corrected chi connectivity index (χ0v) is 11.6. The van der Waals surface area contributed by atoms with Gasteiger partial charge in [0.2, 0.25) is 0 Å². The monoisotopic (exact) mass is 262 g/mol. The molecule has 1 saturated heterocycles. The lowest BCUT2D eigenvalue weighted by atomic mass is 10.0. The van der Waals surface area contributed by atoms with Crippen LogP contribution in [0.5, 0.6) is 5.75 Å². The maximum absolute atomic E-state index is 11.9. The first-order chi connectivity index (χ1) is 9.28. The first-order valence-electron chi connectivity index (χ1n) is 7.04. The van der Waals surface area contributed by atoms with Crippen LogP contribution in [0.25, 0.3) is 0 Å². The summed E-state index contributed by atoms with van der Waals surface area (Å²) >= 11 is 0. The molecular weight excluding hydrogens is 240 g/mol. The molecule has 0 saturated carbocycles. The van der Waals surface area contributed by atoms with Gasteiger partial charge in [0.05, 0.1) is 13.2 Å². The van der Waals surface area contributed by atoms with Crippen molar-refractivity contribution < 1.29 is 14.3 Å². The van der Waals surface area contributed by atoms with Crippen LogP contribution in [0.15, 0.2) is 24.3 Å². The van der Waals surface area contributed by atoms with E-state index in [-0.39, 0.29) is 0 Å². The minimum atomic E-state index is 0.291. The summed E-state index contributed by atoms with van der Waals surface area (Å²) in [5.74, 6) is 1.12. The number of Topliss-reactive ketones (excluding diaryl/α,β-unsaturated/α-hetero) is 1. The summed E-state index contributed by atoms with van der Waals surface area (Å²) in [6.07, 6.45) is 5.81. The molecule has 0 bridgehead atoms. The predicted octanol–water partition coefficient (Wildman–Crippen LogP) is 3.16. The highest BCUT2D eigenvalue weighted by molar-refractivity contribution is 5.80. The smallest absolute Gasteiger partial charge is 0.137 e. The fourth-order valence-corrected chi connectivity index (χ4v) is 2.42. The molecule has 0 aromatic heterocycles. The molecule has 0 radical (unpaired) electrons. The van der Waals surface area contributed by atoms with Crippen LogP contribution in [0.4, 0.5) is 0 Å². The number of carbonyl (C=O) groups is 1. The van der Waals surface area contributed by atoms with Crippen LogP contribution in [0, 0.1) is 0 Å². The Labute approximate surface area is 114 Å². The Morgan fingerprint density at radius 1 is 1.32 bits per heavy atom. The highest BCUT2D eigenvalue weighted by atomic mass is 16.5. The van der Waals surface area contributed by atoms with E-state index in [1.54, 1.807) is 7.11 Å². The van der Waals surface area contributed by atoms with E-state index < -0.39 is 0 Å². The van der Waals surface area contributed by atoms with Crippen molar-refractivity contribution in [1.29, 1.82) is 0 Å². The van der Waals surface area contributed by atoms with Crippen molar-refractivity contribution in [1.82, 2.24) is 0 Å². The third-order valence-corrected chi connectivity index (χ3v) is 3.58. The summed E-state index contributed by atoms with van der Waals surface area (Å²) in [5.41, 5.74) is 1.05. The zero-order valence-electron chi connectivity index (χ0n) is 11.6. The van der Waals surface area contributed by atoms with Crippen LogP contribution < -0.4 is 4.74 Å². The van der Waals surface area contributed by atoms with Gasteiger partial charge in [-0.2, -0.15) is 0 Å². The number of benzene rings is 1. The van der Waals surface area contributed by atoms with Gasteiger partial charge in [0.15, 0.2) is 0 Å². The standard InChI is InChI=1S/C16H22O3/c1-18-15-8-5-13(6-9-15)12-14(17)7-10-16-4-2-3-11-19-16/h5-6,8-9,16H,2-4,7,10-12H2,1H3. The third kappa shape index (κ3) is 4.67. The number of ether oxygens (including phenoxy) is 2. The summed E-state index contributed by atoms with van der Waals surface area (Å²) in [6, 6.07) is 7.70. The van der Waals surface area contributed by atoms with Gasteiger partial charge in [0.25, 0.3) is 0 Å². The number of ketones is 1. The molecule has 0 aliphatic carbocycles. The Bertz CT molecular complexity index is 391. The maximum atomic E-state index is 11.9. The molecule has 2 rings (SSSR count). The van der Waals surface area contributed by atoms with E-state index in [0.717, 1.165) is 37.2 Å². The minimum absolute atomic E-state index is 0.291. The van der Waals surface area contributed by atoms with E-state index in [4.69, 9.17) is 9.47 Å². The van der Waals surface area contributed by atoms with Crippen LogP contribution in [0.1, 0.15) is 37.7 Å². The number of methoxy groups -OCH3 is 1. The summed E-state index contributed by atoms with van der Waals surface area (Å²) in [6.45, 7) is 0.858. The number of carbonyl (C=O) groups excluding carboxylic acids is 1. The van der Waals surface area contributed by atoms with Crippen molar-refractivity contribution in [2.24, 2.45) is 0 Å². The fourth-order valence-electron chi connectivity index (χ4n) is 2.42. The maximum Gasteiger partial charge on any atom is 0.137 e.